The maximum atomic E-state index is 13.4. The summed E-state index contributed by atoms with van der Waals surface area (Å²) in [6.45, 7) is 3.15. The fraction of sp³-hybridized carbons (Fsp3) is 0.560. The van der Waals surface area contributed by atoms with Crippen LogP contribution in [-0.2, 0) is 14.4 Å². The highest BCUT2D eigenvalue weighted by molar-refractivity contribution is 5.99. The Balaban J connectivity index is 2.08. The molecule has 35 heavy (non-hydrogen) atoms. The lowest BCUT2D eigenvalue weighted by molar-refractivity contribution is -0.140. The first-order chi connectivity index (χ1) is 16.6. The molecule has 1 heterocycles. The molecule has 3 atom stereocenters. The van der Waals surface area contributed by atoms with Crippen molar-refractivity contribution in [3.8, 4) is 0 Å². The number of carbonyl (C=O) groups is 4. The third-order valence-corrected chi connectivity index (χ3v) is 6.20. The van der Waals surface area contributed by atoms with Crippen molar-refractivity contribution < 1.29 is 23.6 Å². The number of nitrogens with two attached hydrogens (primary N) is 2. The smallest absolute Gasteiger partial charge is 0.251 e. The van der Waals surface area contributed by atoms with Crippen molar-refractivity contribution in [2.24, 2.45) is 28.3 Å². The molecular weight excluding hydrogens is 453 g/mol. The van der Waals surface area contributed by atoms with Crippen LogP contribution in [-0.4, -0.2) is 66.1 Å². The lowest BCUT2D eigenvalue weighted by atomic mass is 9.90. The van der Waals surface area contributed by atoms with E-state index in [1.165, 1.54) is 4.90 Å². The van der Waals surface area contributed by atoms with Crippen molar-refractivity contribution in [3.05, 3.63) is 35.9 Å². The van der Waals surface area contributed by atoms with Gasteiger partial charge in [0, 0.05) is 31.0 Å². The van der Waals surface area contributed by atoms with E-state index < -0.39 is 30.5 Å². The van der Waals surface area contributed by atoms with Crippen molar-refractivity contribution in [1.82, 2.24) is 10.2 Å². The van der Waals surface area contributed by atoms with Gasteiger partial charge in [-0.1, -0.05) is 32.0 Å². The number of carbonyl (C=O) groups excluding carboxylic acids is 4. The van der Waals surface area contributed by atoms with E-state index in [1.54, 1.807) is 30.3 Å². The number of Topliss-reactive ketones (excluding diaryl/α,β-unsaturated/α-hetero) is 2. The molecule has 2 amide bonds. The molecule has 1 saturated heterocycles. The highest BCUT2D eigenvalue weighted by Crippen LogP contribution is 2.25. The first kappa shape index (κ1) is 27.9. The van der Waals surface area contributed by atoms with E-state index in [-0.39, 0.29) is 48.9 Å². The molecular formula is C25H36FN5O4. The zero-order valence-corrected chi connectivity index (χ0v) is 20.4. The van der Waals surface area contributed by atoms with Gasteiger partial charge in [0.05, 0.1) is 6.04 Å². The van der Waals surface area contributed by atoms with E-state index in [4.69, 9.17) is 11.5 Å². The summed E-state index contributed by atoms with van der Waals surface area (Å²) in [6, 6.07) is 7.09. The van der Waals surface area contributed by atoms with Crippen LogP contribution in [0.3, 0.4) is 0 Å². The average Bonchev–Trinajstić information content (AvgIpc) is 3.33. The van der Waals surface area contributed by atoms with E-state index >= 15 is 0 Å². The number of hydrogen-bond acceptors (Lipinski definition) is 5. The zero-order valence-electron chi connectivity index (χ0n) is 20.4. The Kier molecular flexibility index (Phi) is 10.8. The molecule has 0 saturated carbocycles. The molecule has 192 valence electrons. The molecule has 1 aliphatic rings. The number of benzene rings is 1. The molecule has 0 unspecified atom stereocenters. The molecule has 5 N–H and O–H groups in total. The largest absolute Gasteiger partial charge is 0.370 e. The number of aliphatic imine (C=N–C) groups is 1. The molecule has 1 fully saturated rings. The second-order valence-electron chi connectivity index (χ2n) is 9.17. The minimum atomic E-state index is -1.16. The van der Waals surface area contributed by atoms with Crippen LogP contribution < -0.4 is 16.8 Å². The number of rotatable bonds is 13. The van der Waals surface area contributed by atoms with Crippen LogP contribution in [0.4, 0.5) is 4.39 Å². The molecule has 0 aliphatic carbocycles. The third kappa shape index (κ3) is 8.15. The van der Waals surface area contributed by atoms with Crippen LogP contribution in [0.15, 0.2) is 35.3 Å². The van der Waals surface area contributed by atoms with Crippen molar-refractivity contribution in [3.63, 3.8) is 0 Å². The fourth-order valence-electron chi connectivity index (χ4n) is 4.28. The van der Waals surface area contributed by atoms with Crippen molar-refractivity contribution in [2.45, 2.75) is 58.0 Å². The molecule has 0 bridgehead atoms. The quantitative estimate of drug-likeness (QED) is 0.218. The average molecular weight is 490 g/mol. The minimum absolute atomic E-state index is 0.0754. The SMILES string of the molecule is CC(C)[C@H](NC(=O)c1ccccc1)C(=O)N1CCC[C@H]1C(=O)C[C@@H](CCCN=C(N)N)C(=O)CF. The van der Waals surface area contributed by atoms with Crippen LogP contribution in [0.1, 0.15) is 56.3 Å². The maximum absolute atomic E-state index is 13.4. The summed E-state index contributed by atoms with van der Waals surface area (Å²) < 4.78 is 13.1. The number of guanidine groups is 1. The molecule has 9 nitrogen and oxygen atoms in total. The number of ketones is 2. The van der Waals surface area contributed by atoms with Gasteiger partial charge < -0.3 is 21.7 Å². The van der Waals surface area contributed by atoms with Crippen molar-refractivity contribution in [2.75, 3.05) is 19.8 Å². The molecule has 1 aliphatic heterocycles. The molecule has 0 spiro atoms. The minimum Gasteiger partial charge on any atom is -0.370 e. The Labute approximate surface area is 205 Å². The summed E-state index contributed by atoms with van der Waals surface area (Å²) in [5.41, 5.74) is 11.0. The van der Waals surface area contributed by atoms with Crippen LogP contribution in [0.25, 0.3) is 0 Å². The van der Waals surface area contributed by atoms with Crippen LogP contribution in [0.2, 0.25) is 0 Å². The van der Waals surface area contributed by atoms with Gasteiger partial charge in [-0.25, -0.2) is 4.39 Å². The van der Waals surface area contributed by atoms with E-state index in [1.807, 2.05) is 13.8 Å². The van der Waals surface area contributed by atoms with Gasteiger partial charge in [-0.2, -0.15) is 0 Å². The molecule has 1 aromatic carbocycles. The topological polar surface area (TPSA) is 148 Å². The first-order valence-corrected chi connectivity index (χ1v) is 12.0. The monoisotopic (exact) mass is 489 g/mol. The predicted octanol–water partition coefficient (Wildman–Crippen LogP) is 1.60. The normalized spacial score (nSPS) is 17.0. The van der Waals surface area contributed by atoms with Gasteiger partial charge in [0.25, 0.3) is 5.91 Å². The number of hydrogen-bond donors (Lipinski definition) is 3. The maximum Gasteiger partial charge on any atom is 0.251 e. The van der Waals surface area contributed by atoms with Gasteiger partial charge in [0.1, 0.15) is 12.7 Å². The van der Waals surface area contributed by atoms with E-state index in [0.717, 1.165) is 0 Å². The highest BCUT2D eigenvalue weighted by Gasteiger charge is 2.39. The summed E-state index contributed by atoms with van der Waals surface area (Å²) >= 11 is 0. The Morgan fingerprint density at radius 3 is 2.46 bits per heavy atom. The summed E-state index contributed by atoms with van der Waals surface area (Å²) in [6.07, 6.45) is 1.64. The Morgan fingerprint density at radius 2 is 1.86 bits per heavy atom. The zero-order chi connectivity index (χ0) is 26.0. The number of nitrogens with one attached hydrogen (secondary N) is 1. The summed E-state index contributed by atoms with van der Waals surface area (Å²) in [7, 11) is 0. The predicted molar refractivity (Wildman–Crippen MR) is 131 cm³/mol. The van der Waals surface area contributed by atoms with Crippen molar-refractivity contribution in [1.29, 1.82) is 0 Å². The molecule has 2 rings (SSSR count). The second-order valence-corrected chi connectivity index (χ2v) is 9.17. The van der Waals surface area contributed by atoms with Crippen LogP contribution in [0.5, 0.6) is 0 Å². The summed E-state index contributed by atoms with van der Waals surface area (Å²) in [4.78, 5) is 56.7. The Morgan fingerprint density at radius 1 is 1.17 bits per heavy atom. The number of amides is 2. The van der Waals surface area contributed by atoms with Gasteiger partial charge in [-0.3, -0.25) is 24.2 Å². The molecule has 10 heteroatoms. The Hall–Kier alpha value is -3.30. The molecule has 1 aromatic rings. The van der Waals surface area contributed by atoms with Crippen LogP contribution in [0, 0.1) is 11.8 Å². The highest BCUT2D eigenvalue weighted by atomic mass is 19.1. The number of halogens is 1. The van der Waals surface area contributed by atoms with Crippen LogP contribution >= 0.6 is 0 Å². The third-order valence-electron chi connectivity index (χ3n) is 6.20. The lowest BCUT2D eigenvalue weighted by Gasteiger charge is -2.31. The van der Waals surface area contributed by atoms with E-state index in [9.17, 15) is 23.6 Å². The first-order valence-electron chi connectivity index (χ1n) is 12.0. The fourth-order valence-corrected chi connectivity index (χ4v) is 4.28. The van der Waals surface area contributed by atoms with Crippen molar-refractivity contribution >= 4 is 29.3 Å². The number of likely N-dealkylation sites (tertiary alicyclic amines) is 1. The molecule has 0 radical (unpaired) electrons. The number of alkyl halides is 1. The van der Waals surface area contributed by atoms with Gasteiger partial charge in [0.2, 0.25) is 5.91 Å². The standard InChI is InChI=1S/C25H36FN5O4/c1-16(2)22(30-23(34)17-8-4-3-5-9-17)24(35)31-13-7-11-19(31)20(32)14-18(21(33)15-26)10-6-12-29-25(27)28/h3-5,8-9,16,18-19,22H,6-7,10-15H2,1-2H3,(H,30,34)(H4,27,28,29)/t18-,19+,22+/m1/s1. The number of nitrogens with zero attached hydrogens (tertiary/aromatic N) is 2. The van der Waals surface area contributed by atoms with Gasteiger partial charge in [-0.05, 0) is 43.7 Å². The van der Waals surface area contributed by atoms with Gasteiger partial charge in [0.15, 0.2) is 17.5 Å². The Bertz CT molecular complexity index is 918. The van der Waals surface area contributed by atoms with Gasteiger partial charge >= 0.3 is 0 Å². The summed E-state index contributed by atoms with van der Waals surface area (Å²) in [5, 5.41) is 2.80. The summed E-state index contributed by atoms with van der Waals surface area (Å²) in [5.74, 6) is -2.69. The van der Waals surface area contributed by atoms with Gasteiger partial charge in [-0.15, -0.1) is 0 Å². The molecule has 0 aromatic heterocycles. The van der Waals surface area contributed by atoms with E-state index in [0.29, 0.717) is 31.4 Å². The van der Waals surface area contributed by atoms with E-state index in [2.05, 4.69) is 10.3 Å². The lowest BCUT2D eigenvalue weighted by Crippen LogP contribution is -2.54. The second kappa shape index (κ2) is 13.6.